The van der Waals surface area contributed by atoms with Crippen molar-refractivity contribution in [2.24, 2.45) is 0 Å². The van der Waals surface area contributed by atoms with Crippen LogP contribution in [0.1, 0.15) is 47.1 Å². The minimum atomic E-state index is -0.408. The van der Waals surface area contributed by atoms with Crippen LogP contribution in [0.3, 0.4) is 0 Å². The van der Waals surface area contributed by atoms with Crippen molar-refractivity contribution in [3.8, 4) is 5.88 Å². The second kappa shape index (κ2) is 8.74. The second-order valence-corrected chi connectivity index (χ2v) is 8.55. The van der Waals surface area contributed by atoms with E-state index in [1.807, 2.05) is 19.9 Å². The largest absolute Gasteiger partial charge is 0.477 e. The van der Waals surface area contributed by atoms with Gasteiger partial charge in [-0.3, -0.25) is 4.79 Å². The molecular formula is C23H24ClN5O4. The maximum Gasteiger partial charge on any atom is 0.256 e. The quantitative estimate of drug-likeness (QED) is 0.619. The molecule has 1 saturated heterocycles. The van der Waals surface area contributed by atoms with E-state index in [1.165, 1.54) is 0 Å². The third-order valence-corrected chi connectivity index (χ3v) is 6.34. The molecule has 33 heavy (non-hydrogen) atoms. The minimum absolute atomic E-state index is 0.185. The second-order valence-electron chi connectivity index (χ2n) is 8.14. The highest BCUT2D eigenvalue weighted by atomic mass is 35.5. The first-order valence-corrected chi connectivity index (χ1v) is 11.2. The molecule has 2 aromatic heterocycles. The number of nitrogens with two attached hydrogens (primary N) is 1. The molecular weight excluding hydrogens is 446 g/mol. The van der Waals surface area contributed by atoms with E-state index in [1.54, 1.807) is 23.1 Å². The van der Waals surface area contributed by atoms with Gasteiger partial charge in [-0.1, -0.05) is 11.6 Å². The highest BCUT2D eigenvalue weighted by molar-refractivity contribution is 6.34. The Labute approximate surface area is 195 Å². The van der Waals surface area contributed by atoms with Crippen LogP contribution in [-0.2, 0) is 22.7 Å². The number of fused-ring (bicyclic) bond motifs is 3. The van der Waals surface area contributed by atoms with Gasteiger partial charge in [0.15, 0.2) is 0 Å². The molecule has 4 heterocycles. The van der Waals surface area contributed by atoms with E-state index in [0.29, 0.717) is 66.5 Å². The van der Waals surface area contributed by atoms with Gasteiger partial charge in [-0.15, -0.1) is 10.2 Å². The van der Waals surface area contributed by atoms with Crippen molar-refractivity contribution in [2.45, 2.75) is 39.1 Å². The fourth-order valence-corrected chi connectivity index (χ4v) is 4.65. The van der Waals surface area contributed by atoms with E-state index in [9.17, 15) is 4.79 Å². The number of benzene rings is 1. The van der Waals surface area contributed by atoms with Gasteiger partial charge in [-0.05, 0) is 37.6 Å². The average Bonchev–Trinajstić information content (AvgIpc) is 3.30. The zero-order valence-corrected chi connectivity index (χ0v) is 19.1. The maximum atomic E-state index is 13.8. The van der Waals surface area contributed by atoms with Crippen molar-refractivity contribution in [2.75, 3.05) is 25.6 Å². The number of halogens is 1. The Morgan fingerprint density at radius 2 is 2.03 bits per heavy atom. The third kappa shape index (κ3) is 3.86. The number of rotatable bonds is 4. The molecule has 0 radical (unpaired) electrons. The molecule has 172 valence electrons. The molecule has 1 amide bonds. The molecule has 9 nitrogen and oxygen atoms in total. The summed E-state index contributed by atoms with van der Waals surface area (Å²) in [7, 11) is 0. The van der Waals surface area contributed by atoms with Gasteiger partial charge in [0.1, 0.15) is 5.82 Å². The lowest BCUT2D eigenvalue weighted by molar-refractivity contribution is -0.0330. The molecule has 10 heteroatoms. The van der Waals surface area contributed by atoms with Crippen molar-refractivity contribution in [1.29, 1.82) is 0 Å². The Balaban J connectivity index is 1.54. The molecule has 0 unspecified atom stereocenters. The first-order chi connectivity index (χ1) is 16.0. The lowest BCUT2D eigenvalue weighted by Gasteiger charge is -2.40. The van der Waals surface area contributed by atoms with Crippen LogP contribution in [0.25, 0.3) is 10.9 Å². The van der Waals surface area contributed by atoms with Gasteiger partial charge in [0.2, 0.25) is 5.88 Å². The summed E-state index contributed by atoms with van der Waals surface area (Å²) in [5.74, 6) is 0.660. The van der Waals surface area contributed by atoms with Gasteiger partial charge in [-0.2, -0.15) is 0 Å². The zero-order valence-electron chi connectivity index (χ0n) is 18.4. The number of morpholine rings is 1. The zero-order chi connectivity index (χ0) is 23.1. The smallest absolute Gasteiger partial charge is 0.256 e. The Morgan fingerprint density at radius 1 is 1.21 bits per heavy atom. The van der Waals surface area contributed by atoms with E-state index in [4.69, 9.17) is 31.5 Å². The standard InChI is InChI=1S/C23H24ClN5O4/c1-3-33-21-5-4-18(27-28-21)20-11-31-8-12(2)29(20)23(30)14-6-13-15-9-32-10-16(15)22(25)26-19(13)7-17(14)24/h4-7,12,20H,3,8-11H2,1-2H3,(H2,25,26)/t12-,20-/m0/s1. The summed E-state index contributed by atoms with van der Waals surface area (Å²) in [6, 6.07) is 6.45. The van der Waals surface area contributed by atoms with Gasteiger partial charge in [-0.25, -0.2) is 4.98 Å². The normalized spacial score (nSPS) is 20.2. The molecule has 2 aliphatic rings. The number of hydrogen-bond donors (Lipinski definition) is 1. The Kier molecular flexibility index (Phi) is 5.77. The van der Waals surface area contributed by atoms with Gasteiger partial charge in [0.05, 0.1) is 66.9 Å². The lowest BCUT2D eigenvalue weighted by Crippen LogP contribution is -2.49. The van der Waals surface area contributed by atoms with Crippen LogP contribution >= 0.6 is 11.6 Å². The molecule has 0 bridgehead atoms. The van der Waals surface area contributed by atoms with E-state index < -0.39 is 6.04 Å². The number of nitrogens with zero attached hydrogens (tertiary/aromatic N) is 4. The molecule has 0 spiro atoms. The van der Waals surface area contributed by atoms with E-state index in [2.05, 4.69) is 15.2 Å². The number of ether oxygens (including phenoxy) is 3. The summed E-state index contributed by atoms with van der Waals surface area (Å²) in [6.07, 6.45) is 0. The van der Waals surface area contributed by atoms with Crippen LogP contribution in [0.5, 0.6) is 5.88 Å². The number of carbonyl (C=O) groups excluding carboxylic acids is 1. The Morgan fingerprint density at radius 3 is 2.79 bits per heavy atom. The summed E-state index contributed by atoms with van der Waals surface area (Å²) in [5, 5.41) is 9.54. The summed E-state index contributed by atoms with van der Waals surface area (Å²) in [5.41, 5.74) is 9.56. The van der Waals surface area contributed by atoms with E-state index in [-0.39, 0.29) is 11.9 Å². The number of amides is 1. The molecule has 0 aliphatic carbocycles. The number of anilines is 1. The molecule has 5 rings (SSSR count). The van der Waals surface area contributed by atoms with E-state index >= 15 is 0 Å². The van der Waals surface area contributed by atoms with Crippen LogP contribution < -0.4 is 10.5 Å². The highest BCUT2D eigenvalue weighted by Crippen LogP contribution is 2.36. The topological polar surface area (TPSA) is 113 Å². The highest BCUT2D eigenvalue weighted by Gasteiger charge is 2.36. The molecule has 2 aliphatic heterocycles. The van der Waals surface area contributed by atoms with Gasteiger partial charge in [0.25, 0.3) is 5.91 Å². The molecule has 0 saturated carbocycles. The van der Waals surface area contributed by atoms with Crippen molar-refractivity contribution < 1.29 is 19.0 Å². The van der Waals surface area contributed by atoms with Gasteiger partial charge >= 0.3 is 0 Å². The third-order valence-electron chi connectivity index (χ3n) is 6.02. The van der Waals surface area contributed by atoms with Crippen LogP contribution in [0.15, 0.2) is 24.3 Å². The number of pyridine rings is 1. The number of hydrogen-bond acceptors (Lipinski definition) is 8. The number of aromatic nitrogens is 3. The molecule has 1 fully saturated rings. The van der Waals surface area contributed by atoms with Crippen LogP contribution in [0, 0.1) is 0 Å². The molecule has 3 aromatic rings. The first-order valence-electron chi connectivity index (χ1n) is 10.8. The van der Waals surface area contributed by atoms with Crippen LogP contribution in [0.4, 0.5) is 5.82 Å². The predicted molar refractivity (Wildman–Crippen MR) is 122 cm³/mol. The average molecular weight is 470 g/mol. The number of nitrogen functional groups attached to an aromatic ring is 1. The number of carbonyl (C=O) groups is 1. The predicted octanol–water partition coefficient (Wildman–Crippen LogP) is 3.29. The summed E-state index contributed by atoms with van der Waals surface area (Å²) in [4.78, 5) is 20.1. The lowest BCUT2D eigenvalue weighted by atomic mass is 10.0. The summed E-state index contributed by atoms with van der Waals surface area (Å²) >= 11 is 6.58. The Hall–Kier alpha value is -3.01. The van der Waals surface area contributed by atoms with Crippen molar-refractivity contribution in [1.82, 2.24) is 20.1 Å². The summed E-state index contributed by atoms with van der Waals surface area (Å²) < 4.78 is 16.7. The van der Waals surface area contributed by atoms with Crippen LogP contribution in [-0.4, -0.2) is 51.9 Å². The first kappa shape index (κ1) is 21.8. The van der Waals surface area contributed by atoms with Crippen molar-refractivity contribution >= 4 is 34.2 Å². The SMILES string of the molecule is CCOc1ccc([C@@H]2COC[C@H](C)N2C(=O)c2cc3c4c(c(N)nc3cc2Cl)COC4)nn1. The van der Waals surface area contributed by atoms with Crippen LogP contribution in [0.2, 0.25) is 5.02 Å². The van der Waals surface area contributed by atoms with Crippen molar-refractivity contribution in [3.05, 3.63) is 51.7 Å². The Bertz CT molecular complexity index is 1220. The monoisotopic (exact) mass is 469 g/mol. The minimum Gasteiger partial charge on any atom is -0.477 e. The molecule has 2 atom stereocenters. The van der Waals surface area contributed by atoms with Crippen molar-refractivity contribution in [3.63, 3.8) is 0 Å². The fourth-order valence-electron chi connectivity index (χ4n) is 4.42. The van der Waals surface area contributed by atoms with Gasteiger partial charge in [0, 0.05) is 17.0 Å². The molecule has 2 N–H and O–H groups in total. The maximum absolute atomic E-state index is 13.8. The molecule has 1 aromatic carbocycles. The van der Waals surface area contributed by atoms with E-state index in [0.717, 1.165) is 16.5 Å². The van der Waals surface area contributed by atoms with Gasteiger partial charge < -0.3 is 24.8 Å². The summed E-state index contributed by atoms with van der Waals surface area (Å²) in [6.45, 7) is 5.88. The fraction of sp³-hybridized carbons (Fsp3) is 0.391.